The van der Waals surface area contributed by atoms with Crippen molar-refractivity contribution in [2.75, 3.05) is 40.0 Å². The summed E-state index contributed by atoms with van der Waals surface area (Å²) in [6.07, 6.45) is 1.24. The number of carbonyl (C=O) groups is 3. The molecule has 4 unspecified atom stereocenters. The van der Waals surface area contributed by atoms with Crippen molar-refractivity contribution in [2.24, 2.45) is 5.92 Å². The number of imide groups is 1. The number of amides is 4. The van der Waals surface area contributed by atoms with Crippen LogP contribution in [0.1, 0.15) is 24.6 Å². The maximum absolute atomic E-state index is 13.1. The lowest BCUT2D eigenvalue weighted by Gasteiger charge is -2.50. The van der Waals surface area contributed by atoms with E-state index < -0.39 is 12.1 Å². The second-order valence-electron chi connectivity index (χ2n) is 8.09. The van der Waals surface area contributed by atoms with Crippen molar-refractivity contribution in [3.05, 3.63) is 29.8 Å². The first-order valence-electron chi connectivity index (χ1n) is 10.5. The predicted molar refractivity (Wildman–Crippen MR) is 117 cm³/mol. The molecule has 3 aliphatic heterocycles. The zero-order valence-electron chi connectivity index (χ0n) is 18.0. The monoisotopic (exact) mass is 447 g/mol. The van der Waals surface area contributed by atoms with Gasteiger partial charge in [-0.15, -0.1) is 11.8 Å². The number of fused-ring (bicyclic) bond motifs is 1. The van der Waals surface area contributed by atoms with Crippen molar-refractivity contribution < 1.29 is 19.1 Å². The van der Waals surface area contributed by atoms with E-state index in [1.165, 1.54) is 18.8 Å². The van der Waals surface area contributed by atoms with Gasteiger partial charge in [0.15, 0.2) is 0 Å². The molecule has 0 spiro atoms. The predicted octanol–water partition coefficient (Wildman–Crippen LogP) is 1.03. The number of ether oxygens (including phenoxy) is 1. The molecule has 3 saturated heterocycles. The molecule has 0 aromatic heterocycles. The summed E-state index contributed by atoms with van der Waals surface area (Å²) in [4.78, 5) is 42.9. The Balaban J connectivity index is 1.60. The smallest absolute Gasteiger partial charge is 0.327 e. The van der Waals surface area contributed by atoms with Gasteiger partial charge in [-0.1, -0.05) is 18.2 Å². The number of nitrogens with zero attached hydrogens (tertiary/aromatic N) is 3. The van der Waals surface area contributed by atoms with Crippen LogP contribution in [0.2, 0.25) is 0 Å². The molecule has 9 nitrogen and oxygen atoms in total. The van der Waals surface area contributed by atoms with Gasteiger partial charge in [-0.05, 0) is 18.9 Å². The molecule has 0 bridgehead atoms. The molecule has 4 amide bonds. The van der Waals surface area contributed by atoms with Gasteiger partial charge in [0.25, 0.3) is 0 Å². The van der Waals surface area contributed by atoms with Crippen molar-refractivity contribution in [3.8, 4) is 5.75 Å². The topological polar surface area (TPSA) is 94.2 Å². The van der Waals surface area contributed by atoms with Gasteiger partial charge in [0, 0.05) is 32.7 Å². The quantitative estimate of drug-likeness (QED) is 0.696. The minimum absolute atomic E-state index is 0.0919. The van der Waals surface area contributed by atoms with Crippen molar-refractivity contribution in [1.29, 1.82) is 0 Å². The van der Waals surface area contributed by atoms with Crippen molar-refractivity contribution >= 4 is 29.6 Å². The first-order chi connectivity index (χ1) is 14.9. The number of urea groups is 1. The Kier molecular flexibility index (Phi) is 6.40. The number of para-hydroxylation sites is 1. The minimum atomic E-state index is -0.518. The Hall–Kier alpha value is -2.30. The van der Waals surface area contributed by atoms with Crippen LogP contribution in [0.25, 0.3) is 0 Å². The Bertz CT molecular complexity index is 862. The second-order valence-corrected chi connectivity index (χ2v) is 9.22. The van der Waals surface area contributed by atoms with Gasteiger partial charge in [0.2, 0.25) is 11.8 Å². The summed E-state index contributed by atoms with van der Waals surface area (Å²) in [5.74, 6) is 0.312. The van der Waals surface area contributed by atoms with E-state index in [2.05, 4.69) is 10.6 Å². The van der Waals surface area contributed by atoms with Gasteiger partial charge in [-0.25, -0.2) is 4.79 Å². The van der Waals surface area contributed by atoms with Crippen LogP contribution in [-0.4, -0.2) is 84.1 Å². The molecule has 1 aromatic rings. The molecular weight excluding hydrogens is 418 g/mol. The summed E-state index contributed by atoms with van der Waals surface area (Å²) in [5.41, 5.74) is 0.882. The number of hydrogen-bond donors (Lipinski definition) is 2. The summed E-state index contributed by atoms with van der Waals surface area (Å²) in [6.45, 7) is 1.60. The Morgan fingerprint density at radius 3 is 2.58 bits per heavy atom. The molecule has 1 aromatic carbocycles. The number of hydrogen-bond acceptors (Lipinski definition) is 7. The van der Waals surface area contributed by atoms with E-state index in [0.29, 0.717) is 5.75 Å². The third-order valence-corrected chi connectivity index (χ3v) is 7.45. The molecule has 4 atom stereocenters. The van der Waals surface area contributed by atoms with Gasteiger partial charge in [-0.3, -0.25) is 25.1 Å². The molecule has 31 heavy (non-hydrogen) atoms. The molecular formula is C21H29N5O4S. The molecule has 3 fully saturated rings. The Morgan fingerprint density at radius 1 is 1.16 bits per heavy atom. The molecule has 0 radical (unpaired) electrons. The van der Waals surface area contributed by atoms with E-state index in [0.717, 1.165) is 36.4 Å². The van der Waals surface area contributed by atoms with Crippen molar-refractivity contribution in [1.82, 2.24) is 25.3 Å². The van der Waals surface area contributed by atoms with Crippen LogP contribution < -0.4 is 15.4 Å². The molecule has 2 N–H and O–H groups in total. The van der Waals surface area contributed by atoms with Gasteiger partial charge >= 0.3 is 6.03 Å². The van der Waals surface area contributed by atoms with Gasteiger partial charge in [0.05, 0.1) is 36.5 Å². The summed E-state index contributed by atoms with van der Waals surface area (Å²) in [7, 11) is 4.80. The SMILES string of the molecule is COc1ccccc1C1NC(SCC(=O)N2CCCC2)C2C(=O)N(C)C(=O)N(C)C2N1. The second kappa shape index (κ2) is 9.05. The van der Waals surface area contributed by atoms with E-state index >= 15 is 0 Å². The molecule has 0 saturated carbocycles. The number of carbonyl (C=O) groups excluding carboxylic acids is 3. The molecule has 3 heterocycles. The summed E-state index contributed by atoms with van der Waals surface area (Å²) >= 11 is 1.43. The lowest BCUT2D eigenvalue weighted by atomic mass is 9.95. The third kappa shape index (κ3) is 4.11. The third-order valence-electron chi connectivity index (χ3n) is 6.25. The van der Waals surface area contributed by atoms with Crippen molar-refractivity contribution in [3.63, 3.8) is 0 Å². The maximum atomic E-state index is 13.1. The normalized spacial score (nSPS) is 28.7. The zero-order valence-corrected chi connectivity index (χ0v) is 18.9. The van der Waals surface area contributed by atoms with Gasteiger partial charge in [-0.2, -0.15) is 0 Å². The fourth-order valence-corrected chi connectivity index (χ4v) is 5.71. The first-order valence-corrected chi connectivity index (χ1v) is 11.6. The van der Waals surface area contributed by atoms with Gasteiger partial charge < -0.3 is 14.5 Å². The summed E-state index contributed by atoms with van der Waals surface area (Å²) < 4.78 is 5.52. The lowest BCUT2D eigenvalue weighted by molar-refractivity contribution is -0.140. The maximum Gasteiger partial charge on any atom is 0.327 e. The summed E-state index contributed by atoms with van der Waals surface area (Å²) in [6, 6.07) is 7.28. The number of thioether (sulfide) groups is 1. The van der Waals surface area contributed by atoms with E-state index in [-0.39, 0.29) is 35.1 Å². The van der Waals surface area contributed by atoms with Gasteiger partial charge in [0.1, 0.15) is 5.75 Å². The van der Waals surface area contributed by atoms with Crippen molar-refractivity contribution in [2.45, 2.75) is 30.5 Å². The Morgan fingerprint density at radius 2 is 1.87 bits per heavy atom. The summed E-state index contributed by atoms with van der Waals surface area (Å²) in [5, 5.41) is 6.55. The molecule has 168 valence electrons. The fraction of sp³-hybridized carbons (Fsp3) is 0.571. The lowest BCUT2D eigenvalue weighted by Crippen LogP contribution is -2.72. The van der Waals surface area contributed by atoms with E-state index in [4.69, 9.17) is 4.74 Å². The molecule has 10 heteroatoms. The standard InChI is InChI=1S/C21H29N5O4S/c1-24-18-16(20(28)25(2)21(24)29)19(31-12-15(27)26-10-6-7-11-26)23-17(22-18)13-8-4-5-9-14(13)30-3/h4-5,8-9,16-19,22-23H,6-7,10-12H2,1-3H3. The van der Waals surface area contributed by atoms with E-state index in [9.17, 15) is 14.4 Å². The highest BCUT2D eigenvalue weighted by Crippen LogP contribution is 2.36. The van der Waals surface area contributed by atoms with Crippen LogP contribution in [0.3, 0.4) is 0 Å². The molecule has 4 rings (SSSR count). The van der Waals surface area contributed by atoms with Crippen LogP contribution >= 0.6 is 11.8 Å². The van der Waals surface area contributed by atoms with Crippen LogP contribution in [0.5, 0.6) is 5.75 Å². The fourth-order valence-electron chi connectivity index (χ4n) is 4.50. The average molecular weight is 448 g/mol. The highest BCUT2D eigenvalue weighted by atomic mass is 32.2. The molecule has 0 aliphatic carbocycles. The first kappa shape index (κ1) is 21.9. The highest BCUT2D eigenvalue weighted by molar-refractivity contribution is 8.00. The average Bonchev–Trinajstić information content (AvgIpc) is 3.34. The van der Waals surface area contributed by atoms with Crippen LogP contribution in [-0.2, 0) is 9.59 Å². The van der Waals surface area contributed by atoms with Crippen LogP contribution in [0, 0.1) is 5.92 Å². The zero-order chi connectivity index (χ0) is 22.1. The minimum Gasteiger partial charge on any atom is -0.496 e. The number of benzene rings is 1. The number of methoxy groups -OCH3 is 1. The number of nitrogens with one attached hydrogen (secondary N) is 2. The Labute approximate surface area is 186 Å². The van der Waals surface area contributed by atoms with E-state index in [1.807, 2.05) is 29.2 Å². The van der Waals surface area contributed by atoms with Crippen LogP contribution in [0.15, 0.2) is 24.3 Å². The number of rotatable bonds is 5. The largest absolute Gasteiger partial charge is 0.496 e. The van der Waals surface area contributed by atoms with E-state index in [1.54, 1.807) is 19.1 Å². The molecule has 3 aliphatic rings. The highest BCUT2D eigenvalue weighted by Gasteiger charge is 2.51. The van der Waals surface area contributed by atoms with Crippen LogP contribution in [0.4, 0.5) is 4.79 Å². The number of likely N-dealkylation sites (tertiary alicyclic amines) is 1.